The quantitative estimate of drug-likeness (QED) is 0.825. The van der Waals surface area contributed by atoms with Crippen molar-refractivity contribution >= 4 is 17.9 Å². The predicted octanol–water partition coefficient (Wildman–Crippen LogP) is 3.48. The molecule has 0 aromatic heterocycles. The number of carbonyl (C=O) groups is 1. The maximum Gasteiger partial charge on any atom is 0.412 e. The zero-order valence-electron chi connectivity index (χ0n) is 9.83. The Hall–Kier alpha value is -1.77. The van der Waals surface area contributed by atoms with Crippen molar-refractivity contribution in [2.45, 2.75) is 26.4 Å². The van der Waals surface area contributed by atoms with E-state index in [4.69, 9.17) is 4.74 Å². The average Bonchev–Trinajstić information content (AvgIpc) is 2.15. The van der Waals surface area contributed by atoms with Crippen molar-refractivity contribution in [1.82, 2.24) is 0 Å². The first-order valence-corrected chi connectivity index (χ1v) is 5.04. The summed E-state index contributed by atoms with van der Waals surface area (Å²) in [5.74, 6) is 0. The van der Waals surface area contributed by atoms with E-state index in [1.807, 2.05) is 20.8 Å². The van der Waals surface area contributed by atoms with Crippen LogP contribution in [0.2, 0.25) is 0 Å². The number of amides is 1. The van der Waals surface area contributed by atoms with Crippen molar-refractivity contribution in [3.63, 3.8) is 0 Å². The monoisotopic (exact) mass is 218 g/mol. The lowest BCUT2D eigenvalue weighted by molar-refractivity contribution is 0.0636. The molecule has 0 aliphatic carbocycles. The second-order valence-corrected chi connectivity index (χ2v) is 4.39. The molecule has 1 rings (SSSR count). The Bertz CT molecular complexity index is 391. The Morgan fingerprint density at radius 2 is 2.19 bits per heavy atom. The SMILES string of the molecule is C=Cc1c[c]cc(NC(=O)OC(C)(C)C)c1. The third kappa shape index (κ3) is 4.17. The minimum Gasteiger partial charge on any atom is -0.444 e. The molecule has 0 aliphatic heterocycles. The van der Waals surface area contributed by atoms with E-state index < -0.39 is 11.7 Å². The molecule has 0 unspecified atom stereocenters. The van der Waals surface area contributed by atoms with Crippen LogP contribution in [0.3, 0.4) is 0 Å². The second kappa shape index (κ2) is 4.84. The third-order valence-electron chi connectivity index (χ3n) is 1.69. The largest absolute Gasteiger partial charge is 0.444 e. The molecule has 1 radical (unpaired) electrons. The molecule has 85 valence electrons. The third-order valence-corrected chi connectivity index (χ3v) is 1.69. The minimum absolute atomic E-state index is 0.470. The van der Waals surface area contributed by atoms with Gasteiger partial charge in [0.05, 0.1) is 0 Å². The van der Waals surface area contributed by atoms with Gasteiger partial charge in [-0.05, 0) is 50.6 Å². The molecule has 3 nitrogen and oxygen atoms in total. The summed E-state index contributed by atoms with van der Waals surface area (Å²) in [7, 11) is 0. The van der Waals surface area contributed by atoms with Crippen molar-refractivity contribution < 1.29 is 9.53 Å². The Balaban J connectivity index is 2.66. The molecular weight excluding hydrogens is 202 g/mol. The fourth-order valence-electron chi connectivity index (χ4n) is 1.10. The van der Waals surface area contributed by atoms with Crippen LogP contribution in [0.4, 0.5) is 10.5 Å². The minimum atomic E-state index is -0.496. The summed E-state index contributed by atoms with van der Waals surface area (Å²) < 4.78 is 5.13. The van der Waals surface area contributed by atoms with Gasteiger partial charge in [-0.1, -0.05) is 12.7 Å². The average molecular weight is 218 g/mol. The van der Waals surface area contributed by atoms with E-state index in [1.165, 1.54) is 0 Å². The summed E-state index contributed by atoms with van der Waals surface area (Å²) in [6.45, 7) is 9.10. The molecule has 3 heteroatoms. The lowest BCUT2D eigenvalue weighted by atomic mass is 10.2. The van der Waals surface area contributed by atoms with Crippen LogP contribution < -0.4 is 5.32 Å². The van der Waals surface area contributed by atoms with Crippen molar-refractivity contribution in [2.24, 2.45) is 0 Å². The van der Waals surface area contributed by atoms with Crippen molar-refractivity contribution in [1.29, 1.82) is 0 Å². The number of nitrogens with one attached hydrogen (secondary N) is 1. The molecule has 0 fully saturated rings. The lowest BCUT2D eigenvalue weighted by Gasteiger charge is -2.19. The highest BCUT2D eigenvalue weighted by molar-refractivity contribution is 5.85. The Morgan fingerprint density at radius 1 is 1.50 bits per heavy atom. The number of carbonyl (C=O) groups excluding carboxylic acids is 1. The highest BCUT2D eigenvalue weighted by Gasteiger charge is 2.15. The Kier molecular flexibility index (Phi) is 3.72. The molecule has 0 atom stereocenters. The number of hydrogen-bond donors (Lipinski definition) is 1. The highest BCUT2D eigenvalue weighted by Crippen LogP contribution is 2.13. The maximum absolute atomic E-state index is 11.5. The molecule has 1 aromatic rings. The van der Waals surface area contributed by atoms with E-state index in [-0.39, 0.29) is 0 Å². The summed E-state index contributed by atoms with van der Waals surface area (Å²) >= 11 is 0. The van der Waals surface area contributed by atoms with Gasteiger partial charge in [-0.25, -0.2) is 4.79 Å². The summed E-state index contributed by atoms with van der Waals surface area (Å²) in [6, 6.07) is 8.17. The lowest BCUT2D eigenvalue weighted by Crippen LogP contribution is -2.27. The molecule has 0 saturated heterocycles. The van der Waals surface area contributed by atoms with Crippen molar-refractivity contribution in [3.05, 3.63) is 36.4 Å². The molecule has 0 spiro atoms. The highest BCUT2D eigenvalue weighted by atomic mass is 16.6. The summed E-state index contributed by atoms with van der Waals surface area (Å²) in [6.07, 6.45) is 1.22. The normalized spacial score (nSPS) is 10.7. The molecule has 0 heterocycles. The first kappa shape index (κ1) is 12.3. The van der Waals surface area contributed by atoms with Gasteiger partial charge in [-0.2, -0.15) is 0 Å². The van der Waals surface area contributed by atoms with Crippen LogP contribution in [0.25, 0.3) is 6.08 Å². The standard InChI is InChI=1S/C13H16NO2/c1-5-10-7-6-8-11(9-10)14-12(15)16-13(2,3)4/h5,7-9H,1H2,2-4H3,(H,14,15). The summed E-state index contributed by atoms with van der Waals surface area (Å²) in [4.78, 5) is 11.5. The number of rotatable bonds is 2. The van der Waals surface area contributed by atoms with Crippen LogP contribution in [0.1, 0.15) is 26.3 Å². The van der Waals surface area contributed by atoms with Crippen LogP contribution in [-0.2, 0) is 4.74 Å². The molecule has 1 aromatic carbocycles. The van der Waals surface area contributed by atoms with Crippen LogP contribution in [-0.4, -0.2) is 11.7 Å². The number of hydrogen-bond acceptors (Lipinski definition) is 2. The van der Waals surface area contributed by atoms with Crippen LogP contribution >= 0.6 is 0 Å². The van der Waals surface area contributed by atoms with E-state index in [0.717, 1.165) is 5.56 Å². The predicted molar refractivity (Wildman–Crippen MR) is 65.2 cm³/mol. The van der Waals surface area contributed by atoms with Gasteiger partial charge < -0.3 is 4.74 Å². The topological polar surface area (TPSA) is 38.3 Å². The summed E-state index contributed by atoms with van der Waals surface area (Å²) in [5, 5.41) is 2.63. The zero-order chi connectivity index (χ0) is 12.2. The van der Waals surface area contributed by atoms with Gasteiger partial charge >= 0.3 is 6.09 Å². The van der Waals surface area contributed by atoms with Gasteiger partial charge in [0.15, 0.2) is 0 Å². The fraction of sp³-hybridized carbons (Fsp3) is 0.308. The molecule has 0 bridgehead atoms. The number of benzene rings is 1. The van der Waals surface area contributed by atoms with Gasteiger partial charge in [0.2, 0.25) is 0 Å². The molecule has 0 aliphatic rings. The maximum atomic E-state index is 11.5. The zero-order valence-corrected chi connectivity index (χ0v) is 9.83. The molecule has 1 amide bonds. The van der Waals surface area contributed by atoms with E-state index in [0.29, 0.717) is 5.69 Å². The fourth-order valence-corrected chi connectivity index (χ4v) is 1.10. The second-order valence-electron chi connectivity index (χ2n) is 4.39. The van der Waals surface area contributed by atoms with Crippen molar-refractivity contribution in [2.75, 3.05) is 5.32 Å². The van der Waals surface area contributed by atoms with E-state index in [2.05, 4.69) is 18.0 Å². The summed E-state index contributed by atoms with van der Waals surface area (Å²) in [5.41, 5.74) is 1.05. The van der Waals surface area contributed by atoms with Gasteiger partial charge in [-0.3, -0.25) is 5.32 Å². The number of anilines is 1. The Morgan fingerprint density at radius 3 is 2.75 bits per heavy atom. The first-order valence-electron chi connectivity index (χ1n) is 5.04. The molecule has 16 heavy (non-hydrogen) atoms. The van der Waals surface area contributed by atoms with Crippen LogP contribution in [0.5, 0.6) is 0 Å². The molecule has 0 saturated carbocycles. The van der Waals surface area contributed by atoms with Crippen LogP contribution in [0, 0.1) is 6.07 Å². The van der Waals surface area contributed by atoms with Crippen LogP contribution in [0.15, 0.2) is 24.8 Å². The smallest absolute Gasteiger partial charge is 0.412 e. The molecule has 1 N–H and O–H groups in total. The van der Waals surface area contributed by atoms with E-state index >= 15 is 0 Å². The Labute approximate surface area is 96.1 Å². The van der Waals surface area contributed by atoms with Gasteiger partial charge in [-0.15, -0.1) is 0 Å². The number of ether oxygens (including phenoxy) is 1. The van der Waals surface area contributed by atoms with Gasteiger partial charge in [0, 0.05) is 5.69 Å². The first-order chi connectivity index (χ1) is 7.40. The van der Waals surface area contributed by atoms with E-state index in [9.17, 15) is 4.79 Å². The van der Waals surface area contributed by atoms with Gasteiger partial charge in [0.25, 0.3) is 0 Å². The van der Waals surface area contributed by atoms with Crippen molar-refractivity contribution in [3.8, 4) is 0 Å². The van der Waals surface area contributed by atoms with E-state index in [1.54, 1.807) is 24.3 Å². The molecular formula is C13H16NO2. The van der Waals surface area contributed by atoms with Gasteiger partial charge in [0.1, 0.15) is 5.60 Å².